The van der Waals surface area contributed by atoms with Crippen LogP contribution in [0.4, 0.5) is 0 Å². The van der Waals surface area contributed by atoms with E-state index in [9.17, 15) is 9.59 Å². The van der Waals surface area contributed by atoms with E-state index in [1.54, 1.807) is 0 Å². The van der Waals surface area contributed by atoms with Gasteiger partial charge in [-0.3, -0.25) is 9.59 Å². The molecule has 18 heavy (non-hydrogen) atoms. The fourth-order valence-corrected chi connectivity index (χ4v) is 2.76. The number of carbonyl (C=O) groups is 2. The molecule has 0 aromatic carbocycles. The standard InChI is InChI=1S/C12H22N2O3S/c1-9(2-3-12(16)17)7-14-11(15)6-10-8-18-5-4-13-10/h9-10,13H,2-8H2,1H3,(H,14,15)(H,16,17). The highest BCUT2D eigenvalue weighted by atomic mass is 32.2. The van der Waals surface area contributed by atoms with Crippen molar-refractivity contribution in [2.24, 2.45) is 5.92 Å². The number of carbonyl (C=O) groups excluding carboxylic acids is 1. The van der Waals surface area contributed by atoms with Crippen LogP contribution in [-0.2, 0) is 9.59 Å². The first-order valence-electron chi connectivity index (χ1n) is 6.37. The molecule has 0 saturated carbocycles. The van der Waals surface area contributed by atoms with Crippen LogP contribution in [0.25, 0.3) is 0 Å². The lowest BCUT2D eigenvalue weighted by molar-refractivity contribution is -0.137. The first-order chi connectivity index (χ1) is 8.58. The minimum absolute atomic E-state index is 0.0529. The van der Waals surface area contributed by atoms with Gasteiger partial charge >= 0.3 is 5.97 Å². The molecule has 104 valence electrons. The smallest absolute Gasteiger partial charge is 0.303 e. The zero-order valence-corrected chi connectivity index (χ0v) is 11.6. The number of carboxylic acids is 1. The Hall–Kier alpha value is -0.750. The maximum Gasteiger partial charge on any atom is 0.303 e. The number of hydrogen-bond acceptors (Lipinski definition) is 4. The van der Waals surface area contributed by atoms with Crippen molar-refractivity contribution in [1.82, 2.24) is 10.6 Å². The molecule has 1 aliphatic rings. The molecule has 0 bridgehead atoms. The highest BCUT2D eigenvalue weighted by Crippen LogP contribution is 2.10. The molecule has 0 aromatic heterocycles. The van der Waals surface area contributed by atoms with Gasteiger partial charge in [-0.2, -0.15) is 11.8 Å². The van der Waals surface area contributed by atoms with Gasteiger partial charge in [-0.05, 0) is 12.3 Å². The molecule has 1 saturated heterocycles. The Labute approximate surface area is 112 Å². The van der Waals surface area contributed by atoms with E-state index in [0.717, 1.165) is 18.1 Å². The number of aliphatic carboxylic acids is 1. The van der Waals surface area contributed by atoms with Gasteiger partial charge in [-0.25, -0.2) is 0 Å². The quantitative estimate of drug-likeness (QED) is 0.637. The maximum absolute atomic E-state index is 11.7. The molecule has 6 heteroatoms. The van der Waals surface area contributed by atoms with Crippen molar-refractivity contribution < 1.29 is 14.7 Å². The van der Waals surface area contributed by atoms with E-state index < -0.39 is 5.97 Å². The van der Waals surface area contributed by atoms with Crippen LogP contribution in [-0.4, -0.2) is 47.6 Å². The Bertz CT molecular complexity index is 280. The summed E-state index contributed by atoms with van der Waals surface area (Å²) in [4.78, 5) is 22.1. The normalized spacial score (nSPS) is 21.3. The zero-order valence-electron chi connectivity index (χ0n) is 10.8. The maximum atomic E-state index is 11.7. The minimum atomic E-state index is -0.781. The summed E-state index contributed by atoms with van der Waals surface area (Å²) in [5.41, 5.74) is 0. The number of thioether (sulfide) groups is 1. The number of rotatable bonds is 7. The molecule has 1 amide bonds. The molecule has 2 atom stereocenters. The average Bonchev–Trinajstić information content (AvgIpc) is 2.35. The Morgan fingerprint density at radius 2 is 2.33 bits per heavy atom. The predicted octanol–water partition coefficient (Wildman–Crippen LogP) is 0.699. The number of hydrogen-bond donors (Lipinski definition) is 3. The van der Waals surface area contributed by atoms with Crippen LogP contribution in [0.5, 0.6) is 0 Å². The molecule has 3 N–H and O–H groups in total. The Kier molecular flexibility index (Phi) is 7.12. The summed E-state index contributed by atoms with van der Waals surface area (Å²) in [5, 5.41) is 14.7. The number of nitrogens with one attached hydrogen (secondary N) is 2. The lowest BCUT2D eigenvalue weighted by Gasteiger charge is -2.22. The molecule has 2 unspecified atom stereocenters. The second-order valence-corrected chi connectivity index (χ2v) is 5.92. The molecule has 0 radical (unpaired) electrons. The Balaban J connectivity index is 2.10. The third-order valence-corrected chi connectivity index (χ3v) is 4.06. The van der Waals surface area contributed by atoms with Gasteiger partial charge in [0, 0.05) is 43.5 Å². The second-order valence-electron chi connectivity index (χ2n) is 4.77. The predicted molar refractivity (Wildman–Crippen MR) is 72.8 cm³/mol. The van der Waals surface area contributed by atoms with Gasteiger partial charge in [0.2, 0.25) is 5.91 Å². The molecule has 1 rings (SSSR count). The summed E-state index contributed by atoms with van der Waals surface area (Å²) < 4.78 is 0. The van der Waals surface area contributed by atoms with Crippen LogP contribution in [0.15, 0.2) is 0 Å². The van der Waals surface area contributed by atoms with Crippen LogP contribution in [0.3, 0.4) is 0 Å². The lowest BCUT2D eigenvalue weighted by Crippen LogP contribution is -2.42. The monoisotopic (exact) mass is 274 g/mol. The first kappa shape index (κ1) is 15.3. The van der Waals surface area contributed by atoms with Gasteiger partial charge in [0.1, 0.15) is 0 Å². The largest absolute Gasteiger partial charge is 0.481 e. The van der Waals surface area contributed by atoms with E-state index >= 15 is 0 Å². The highest BCUT2D eigenvalue weighted by molar-refractivity contribution is 7.99. The molecule has 1 fully saturated rings. The summed E-state index contributed by atoms with van der Waals surface area (Å²) in [6.45, 7) is 3.49. The number of amides is 1. The van der Waals surface area contributed by atoms with E-state index in [4.69, 9.17) is 5.11 Å². The van der Waals surface area contributed by atoms with Crippen LogP contribution < -0.4 is 10.6 Å². The molecular formula is C12H22N2O3S. The fraction of sp³-hybridized carbons (Fsp3) is 0.833. The first-order valence-corrected chi connectivity index (χ1v) is 7.53. The SMILES string of the molecule is CC(CCC(=O)O)CNC(=O)CC1CSCCN1. The zero-order chi connectivity index (χ0) is 13.4. The van der Waals surface area contributed by atoms with Crippen molar-refractivity contribution in [3.8, 4) is 0 Å². The summed E-state index contributed by atoms with van der Waals surface area (Å²) >= 11 is 1.87. The molecule has 1 aliphatic heterocycles. The van der Waals surface area contributed by atoms with Crippen molar-refractivity contribution in [3.05, 3.63) is 0 Å². The van der Waals surface area contributed by atoms with Gasteiger partial charge in [-0.15, -0.1) is 0 Å². The third kappa shape index (κ3) is 6.86. The van der Waals surface area contributed by atoms with Crippen molar-refractivity contribution >= 4 is 23.6 Å². The van der Waals surface area contributed by atoms with E-state index in [0.29, 0.717) is 19.4 Å². The minimum Gasteiger partial charge on any atom is -0.481 e. The molecule has 0 aromatic rings. The second kappa shape index (κ2) is 8.37. The van der Waals surface area contributed by atoms with Gasteiger partial charge in [0.15, 0.2) is 0 Å². The van der Waals surface area contributed by atoms with Gasteiger partial charge in [0.25, 0.3) is 0 Å². The fourth-order valence-electron chi connectivity index (χ4n) is 1.81. The van der Waals surface area contributed by atoms with Crippen LogP contribution in [0, 0.1) is 5.92 Å². The van der Waals surface area contributed by atoms with Crippen molar-refractivity contribution in [1.29, 1.82) is 0 Å². The molecule has 0 aliphatic carbocycles. The molecule has 1 heterocycles. The van der Waals surface area contributed by atoms with Gasteiger partial charge in [-0.1, -0.05) is 6.92 Å². The van der Waals surface area contributed by atoms with E-state index in [2.05, 4.69) is 10.6 Å². The Morgan fingerprint density at radius 1 is 1.56 bits per heavy atom. The lowest BCUT2D eigenvalue weighted by atomic mass is 10.1. The average molecular weight is 274 g/mol. The van der Waals surface area contributed by atoms with Gasteiger partial charge in [0.05, 0.1) is 0 Å². The van der Waals surface area contributed by atoms with Crippen LogP contribution in [0.1, 0.15) is 26.2 Å². The van der Waals surface area contributed by atoms with Gasteiger partial charge < -0.3 is 15.7 Å². The summed E-state index contributed by atoms with van der Waals surface area (Å²) in [6.07, 6.45) is 1.28. The van der Waals surface area contributed by atoms with Crippen LogP contribution in [0.2, 0.25) is 0 Å². The summed E-state index contributed by atoms with van der Waals surface area (Å²) in [7, 11) is 0. The van der Waals surface area contributed by atoms with Crippen LogP contribution >= 0.6 is 11.8 Å². The Morgan fingerprint density at radius 3 is 2.94 bits per heavy atom. The number of carboxylic acid groups (broad SMARTS) is 1. The van der Waals surface area contributed by atoms with E-state index in [-0.39, 0.29) is 24.3 Å². The summed E-state index contributed by atoms with van der Waals surface area (Å²) in [5.74, 6) is 1.58. The molecular weight excluding hydrogens is 252 g/mol. The highest BCUT2D eigenvalue weighted by Gasteiger charge is 2.16. The molecule has 0 spiro atoms. The summed E-state index contributed by atoms with van der Waals surface area (Å²) in [6, 6.07) is 0.276. The van der Waals surface area contributed by atoms with Crippen molar-refractivity contribution in [2.45, 2.75) is 32.2 Å². The van der Waals surface area contributed by atoms with E-state index in [1.165, 1.54) is 0 Å². The molecule has 5 nitrogen and oxygen atoms in total. The third-order valence-electron chi connectivity index (χ3n) is 2.93. The van der Waals surface area contributed by atoms with Crippen molar-refractivity contribution in [2.75, 3.05) is 24.6 Å². The van der Waals surface area contributed by atoms with E-state index in [1.807, 2.05) is 18.7 Å². The topological polar surface area (TPSA) is 78.4 Å². The van der Waals surface area contributed by atoms with Crippen molar-refractivity contribution in [3.63, 3.8) is 0 Å².